The SMILES string of the molecule is O=C(O)CCc1ccc(C[C@](NC(=O)NCC(F)(F)F)(c2cc(F)cc(OC(F)(F)C(F)F)c2)c2ccc(F)c(C(F)(F)F)c2)cc1. The molecule has 0 saturated heterocycles. The van der Waals surface area contributed by atoms with Crippen molar-refractivity contribution in [3.63, 3.8) is 0 Å². The summed E-state index contributed by atoms with van der Waals surface area (Å²) in [5.74, 6) is -5.83. The summed E-state index contributed by atoms with van der Waals surface area (Å²) in [6, 6.07) is 5.63. The zero-order chi connectivity index (χ0) is 35.4. The Morgan fingerprint density at radius 1 is 0.809 bits per heavy atom. The van der Waals surface area contributed by atoms with Gasteiger partial charge in [-0.1, -0.05) is 30.3 Å². The number of nitrogens with one attached hydrogen (secondary N) is 2. The van der Waals surface area contributed by atoms with E-state index >= 15 is 0 Å². The van der Waals surface area contributed by atoms with Crippen molar-refractivity contribution in [2.75, 3.05) is 6.54 Å². The summed E-state index contributed by atoms with van der Waals surface area (Å²) < 4.78 is 167. The molecule has 0 radical (unpaired) electrons. The van der Waals surface area contributed by atoms with E-state index in [1.807, 2.05) is 5.32 Å². The highest BCUT2D eigenvalue weighted by molar-refractivity contribution is 5.76. The molecule has 256 valence electrons. The maximum Gasteiger partial charge on any atom is 0.461 e. The van der Waals surface area contributed by atoms with Crippen LogP contribution in [0.25, 0.3) is 0 Å². The maximum atomic E-state index is 14.9. The summed E-state index contributed by atoms with van der Waals surface area (Å²) in [6.45, 7) is -1.98. The van der Waals surface area contributed by atoms with Gasteiger partial charge in [0, 0.05) is 18.9 Å². The number of halogens is 12. The quantitative estimate of drug-likeness (QED) is 0.171. The molecule has 0 aliphatic carbocycles. The number of urea groups is 1. The molecule has 18 heteroatoms. The molecular weight excluding hydrogens is 668 g/mol. The van der Waals surface area contributed by atoms with Crippen molar-refractivity contribution in [1.82, 2.24) is 10.6 Å². The van der Waals surface area contributed by atoms with Crippen molar-refractivity contribution >= 4 is 12.0 Å². The van der Waals surface area contributed by atoms with Crippen LogP contribution in [-0.2, 0) is 29.4 Å². The standard InChI is InChI=1S/C29H22F12N2O4/c30-19-9-18(10-20(12-19)47-29(40,41)24(32)33)26(43-25(46)42-14-27(34,35)36,17-6-7-22(31)21(11-17)28(37,38)39)13-16-3-1-15(2-4-16)5-8-23(44)45/h1-4,6-7,9-12,24H,5,8,13-14H2,(H,44,45)(H2,42,43,46)/t26-/m1/s1. The van der Waals surface area contributed by atoms with Crippen LogP contribution in [-0.4, -0.2) is 42.4 Å². The average molecular weight is 690 g/mol. The molecule has 0 aliphatic rings. The van der Waals surface area contributed by atoms with E-state index < -0.39 is 89.5 Å². The van der Waals surface area contributed by atoms with Gasteiger partial charge in [-0.2, -0.15) is 43.9 Å². The highest BCUT2D eigenvalue weighted by atomic mass is 19.4. The zero-order valence-corrected chi connectivity index (χ0v) is 23.4. The number of carboxylic acid groups (broad SMARTS) is 1. The van der Waals surface area contributed by atoms with Crippen LogP contribution in [0.5, 0.6) is 5.75 Å². The van der Waals surface area contributed by atoms with E-state index in [0.717, 1.165) is 0 Å². The lowest BCUT2D eigenvalue weighted by Gasteiger charge is -2.37. The summed E-state index contributed by atoms with van der Waals surface area (Å²) in [4.78, 5) is 23.8. The molecule has 0 aromatic heterocycles. The molecule has 1 atom stereocenters. The molecule has 0 bridgehead atoms. The number of hydrogen-bond donors (Lipinski definition) is 3. The van der Waals surface area contributed by atoms with E-state index in [0.29, 0.717) is 23.8 Å². The largest absolute Gasteiger partial charge is 0.481 e. The number of carbonyl (C=O) groups excluding carboxylic acids is 1. The highest BCUT2D eigenvalue weighted by Crippen LogP contribution is 2.41. The highest BCUT2D eigenvalue weighted by Gasteiger charge is 2.45. The zero-order valence-electron chi connectivity index (χ0n) is 23.4. The van der Waals surface area contributed by atoms with Gasteiger partial charge >= 0.3 is 36.9 Å². The van der Waals surface area contributed by atoms with Crippen molar-refractivity contribution in [1.29, 1.82) is 0 Å². The number of ether oxygens (including phenoxy) is 1. The number of rotatable bonds is 12. The van der Waals surface area contributed by atoms with Gasteiger partial charge in [0.1, 0.15) is 23.9 Å². The Balaban J connectivity index is 2.32. The summed E-state index contributed by atoms with van der Waals surface area (Å²) in [6.07, 6.45) is -21.2. The van der Waals surface area contributed by atoms with Crippen LogP contribution in [0.4, 0.5) is 57.5 Å². The second-order valence-corrected chi connectivity index (χ2v) is 10.0. The lowest BCUT2D eigenvalue weighted by atomic mass is 9.77. The monoisotopic (exact) mass is 690 g/mol. The topological polar surface area (TPSA) is 87.7 Å². The molecule has 3 aromatic carbocycles. The van der Waals surface area contributed by atoms with Crippen LogP contribution in [0, 0.1) is 11.6 Å². The number of benzene rings is 3. The predicted molar refractivity (Wildman–Crippen MR) is 139 cm³/mol. The van der Waals surface area contributed by atoms with Gasteiger partial charge in [0.05, 0.1) is 11.1 Å². The molecule has 0 heterocycles. The van der Waals surface area contributed by atoms with Crippen molar-refractivity contribution < 1.29 is 72.1 Å². The molecule has 0 aliphatic heterocycles. The molecule has 3 aromatic rings. The Bertz CT molecular complexity index is 1580. The minimum Gasteiger partial charge on any atom is -0.481 e. The van der Waals surface area contributed by atoms with Crippen LogP contribution in [0.3, 0.4) is 0 Å². The van der Waals surface area contributed by atoms with Gasteiger partial charge in [-0.15, -0.1) is 0 Å². The molecule has 0 unspecified atom stereocenters. The van der Waals surface area contributed by atoms with E-state index in [9.17, 15) is 62.3 Å². The smallest absolute Gasteiger partial charge is 0.461 e. The van der Waals surface area contributed by atoms with E-state index in [1.54, 1.807) is 0 Å². The van der Waals surface area contributed by atoms with E-state index in [4.69, 9.17) is 5.11 Å². The van der Waals surface area contributed by atoms with Crippen LogP contribution in [0.2, 0.25) is 0 Å². The first kappa shape index (κ1) is 36.8. The van der Waals surface area contributed by atoms with E-state index in [-0.39, 0.29) is 36.6 Å². The number of aliphatic carboxylic acids is 1. The van der Waals surface area contributed by atoms with Gasteiger partial charge in [0.2, 0.25) is 0 Å². The van der Waals surface area contributed by atoms with Crippen molar-refractivity contribution in [2.24, 2.45) is 0 Å². The van der Waals surface area contributed by atoms with Gasteiger partial charge in [-0.3, -0.25) is 4.79 Å². The molecule has 0 fully saturated rings. The summed E-state index contributed by atoms with van der Waals surface area (Å²) in [5.41, 5.74) is -5.73. The number of alkyl halides is 10. The Morgan fingerprint density at radius 2 is 1.43 bits per heavy atom. The average Bonchev–Trinajstić information content (AvgIpc) is 2.94. The van der Waals surface area contributed by atoms with Crippen LogP contribution >= 0.6 is 0 Å². The van der Waals surface area contributed by atoms with E-state index in [2.05, 4.69) is 4.74 Å². The normalized spacial score (nSPS) is 13.6. The summed E-state index contributed by atoms with van der Waals surface area (Å²) >= 11 is 0. The van der Waals surface area contributed by atoms with Gasteiger partial charge in [0.25, 0.3) is 0 Å². The first-order valence-electron chi connectivity index (χ1n) is 13.1. The van der Waals surface area contributed by atoms with Crippen LogP contribution in [0.1, 0.15) is 34.2 Å². The summed E-state index contributed by atoms with van der Waals surface area (Å²) in [7, 11) is 0. The number of amides is 2. The van der Waals surface area contributed by atoms with Crippen molar-refractivity contribution in [2.45, 2.75) is 49.7 Å². The number of hydrogen-bond acceptors (Lipinski definition) is 3. The first-order valence-corrected chi connectivity index (χ1v) is 13.1. The number of carbonyl (C=O) groups is 2. The molecule has 2 amide bonds. The van der Waals surface area contributed by atoms with Crippen LogP contribution < -0.4 is 15.4 Å². The first-order chi connectivity index (χ1) is 21.6. The second kappa shape index (κ2) is 14.0. The van der Waals surface area contributed by atoms with Gasteiger partial charge in [0.15, 0.2) is 0 Å². The molecular formula is C29H22F12N2O4. The molecule has 3 rings (SSSR count). The molecule has 3 N–H and O–H groups in total. The fourth-order valence-electron chi connectivity index (χ4n) is 4.44. The Hall–Kier alpha value is -4.64. The van der Waals surface area contributed by atoms with Crippen molar-refractivity contribution in [3.05, 3.63) is 100 Å². The van der Waals surface area contributed by atoms with Gasteiger partial charge in [-0.25, -0.2) is 13.6 Å². The fourth-order valence-corrected chi connectivity index (χ4v) is 4.44. The molecule has 0 saturated carbocycles. The summed E-state index contributed by atoms with van der Waals surface area (Å²) in [5, 5.41) is 12.3. The minimum absolute atomic E-state index is 0.00863. The predicted octanol–water partition coefficient (Wildman–Crippen LogP) is 7.59. The third-order valence-corrected chi connectivity index (χ3v) is 6.53. The third kappa shape index (κ3) is 9.92. The van der Waals surface area contributed by atoms with Crippen LogP contribution in [0.15, 0.2) is 60.7 Å². The van der Waals surface area contributed by atoms with Gasteiger partial charge in [-0.05, 0) is 52.9 Å². The number of aryl methyl sites for hydroxylation is 1. The fraction of sp³-hybridized carbons (Fsp3) is 0.310. The van der Waals surface area contributed by atoms with E-state index in [1.165, 1.54) is 29.6 Å². The number of carboxylic acids is 1. The maximum absolute atomic E-state index is 14.9. The van der Waals surface area contributed by atoms with Gasteiger partial charge < -0.3 is 20.5 Å². The Labute approximate surface area is 257 Å². The molecule has 0 spiro atoms. The lowest BCUT2D eigenvalue weighted by molar-refractivity contribution is -0.253. The van der Waals surface area contributed by atoms with Crippen molar-refractivity contribution in [3.8, 4) is 5.75 Å². The third-order valence-electron chi connectivity index (χ3n) is 6.53. The minimum atomic E-state index is -5.40. The lowest BCUT2D eigenvalue weighted by Crippen LogP contribution is -2.53. The second-order valence-electron chi connectivity index (χ2n) is 10.0. The Morgan fingerprint density at radius 3 is 1.98 bits per heavy atom. The Kier molecular flexibility index (Phi) is 11.0. The molecule has 6 nitrogen and oxygen atoms in total. The molecule has 47 heavy (non-hydrogen) atoms.